The Kier molecular flexibility index (Phi) is 5.72. The summed E-state index contributed by atoms with van der Waals surface area (Å²) in [5.74, 6) is -0.0756. The van der Waals surface area contributed by atoms with E-state index < -0.39 is 28.4 Å². The van der Waals surface area contributed by atoms with Crippen LogP contribution in [0.4, 0.5) is 19.0 Å². The van der Waals surface area contributed by atoms with E-state index in [1.807, 2.05) is 0 Å². The number of halogens is 3. The average Bonchev–Trinajstić information content (AvgIpc) is 3.04. The summed E-state index contributed by atoms with van der Waals surface area (Å²) in [6.45, 7) is 0.0871. The van der Waals surface area contributed by atoms with E-state index in [0.29, 0.717) is 11.6 Å². The molecule has 2 aromatic rings. The smallest absolute Gasteiger partial charge is 0.367 e. The minimum Gasteiger partial charge on any atom is -0.367 e. The summed E-state index contributed by atoms with van der Waals surface area (Å²) < 4.78 is 62.4. The number of hydrogen-bond donors (Lipinski definition) is 2. The van der Waals surface area contributed by atoms with Crippen molar-refractivity contribution in [3.05, 3.63) is 30.6 Å². The van der Waals surface area contributed by atoms with Crippen molar-refractivity contribution in [2.75, 3.05) is 24.2 Å². The molecule has 0 aromatic carbocycles. The fourth-order valence-corrected chi connectivity index (χ4v) is 2.72. The molecule has 0 saturated heterocycles. The van der Waals surface area contributed by atoms with Crippen LogP contribution in [0.25, 0.3) is 5.82 Å². The van der Waals surface area contributed by atoms with Crippen LogP contribution < -0.4 is 10.0 Å². The zero-order valence-electron chi connectivity index (χ0n) is 12.4. The van der Waals surface area contributed by atoms with E-state index in [9.17, 15) is 21.6 Å². The molecule has 2 N–H and O–H groups in total. The Hall–Kier alpha value is -2.21. The molecule has 12 heteroatoms. The first-order valence-corrected chi connectivity index (χ1v) is 8.52. The average molecular weight is 364 g/mol. The number of anilines is 1. The Morgan fingerprint density at radius 2 is 1.96 bits per heavy atom. The van der Waals surface area contributed by atoms with E-state index in [2.05, 4.69) is 25.3 Å². The number of rotatable bonds is 8. The molecule has 0 aliphatic rings. The molecule has 0 bridgehead atoms. The van der Waals surface area contributed by atoms with Crippen molar-refractivity contribution >= 4 is 15.8 Å². The van der Waals surface area contributed by atoms with Gasteiger partial charge < -0.3 is 5.32 Å². The van der Waals surface area contributed by atoms with Crippen molar-refractivity contribution < 1.29 is 21.6 Å². The maximum atomic E-state index is 12.0. The van der Waals surface area contributed by atoms with Crippen LogP contribution in [0.1, 0.15) is 6.42 Å². The molecule has 0 unspecified atom stereocenters. The molecule has 2 rings (SSSR count). The van der Waals surface area contributed by atoms with Crippen molar-refractivity contribution in [1.29, 1.82) is 0 Å². The van der Waals surface area contributed by atoms with E-state index in [0.717, 1.165) is 0 Å². The van der Waals surface area contributed by atoms with E-state index in [-0.39, 0.29) is 13.1 Å². The predicted molar refractivity (Wildman–Crippen MR) is 80.1 cm³/mol. The molecule has 132 valence electrons. The predicted octanol–water partition coefficient (Wildman–Crippen LogP) is 0.946. The highest BCUT2D eigenvalue weighted by atomic mass is 32.2. The Morgan fingerprint density at radius 1 is 1.17 bits per heavy atom. The monoisotopic (exact) mass is 364 g/mol. The maximum Gasteiger partial charge on any atom is 0.390 e. The summed E-state index contributed by atoms with van der Waals surface area (Å²) in [6.07, 6.45) is -2.58. The van der Waals surface area contributed by atoms with Gasteiger partial charge in [-0.1, -0.05) is 0 Å². The molecule has 2 aromatic heterocycles. The van der Waals surface area contributed by atoms with Gasteiger partial charge in [0.2, 0.25) is 10.0 Å². The summed E-state index contributed by atoms with van der Waals surface area (Å²) in [5, 5.41) is 14.6. The summed E-state index contributed by atoms with van der Waals surface area (Å²) >= 11 is 0. The lowest BCUT2D eigenvalue weighted by atomic mass is 10.5. The van der Waals surface area contributed by atoms with Gasteiger partial charge in [-0.05, 0) is 18.2 Å². The minimum absolute atomic E-state index is 0.0667. The number of aromatic nitrogens is 4. The summed E-state index contributed by atoms with van der Waals surface area (Å²) in [4.78, 5) is 0. The Labute approximate surface area is 136 Å². The first-order chi connectivity index (χ1) is 11.3. The minimum atomic E-state index is -4.50. The van der Waals surface area contributed by atoms with Crippen molar-refractivity contribution in [1.82, 2.24) is 24.7 Å². The van der Waals surface area contributed by atoms with Crippen molar-refractivity contribution in [2.45, 2.75) is 12.6 Å². The highest BCUT2D eigenvalue weighted by Crippen LogP contribution is 2.19. The zero-order valence-corrected chi connectivity index (χ0v) is 13.2. The number of nitrogens with zero attached hydrogens (tertiary/aromatic N) is 4. The Morgan fingerprint density at radius 3 is 2.54 bits per heavy atom. The maximum absolute atomic E-state index is 12.0. The van der Waals surface area contributed by atoms with Crippen LogP contribution in [0.3, 0.4) is 0 Å². The van der Waals surface area contributed by atoms with Gasteiger partial charge in [0.25, 0.3) is 0 Å². The molecule has 0 amide bonds. The molecule has 0 atom stereocenters. The van der Waals surface area contributed by atoms with E-state index in [1.165, 1.54) is 4.68 Å². The Balaban J connectivity index is 1.74. The molecule has 0 fully saturated rings. The fraction of sp³-hybridized carbons (Fsp3) is 0.417. The molecule has 8 nitrogen and oxygen atoms in total. The van der Waals surface area contributed by atoms with Crippen molar-refractivity contribution in [2.24, 2.45) is 0 Å². The van der Waals surface area contributed by atoms with Gasteiger partial charge >= 0.3 is 6.18 Å². The standard InChI is InChI=1S/C12H15F3N6O2S/c13-12(14,15)4-9-24(22,23)18-7-6-16-10-2-3-11(20-19-10)21-8-1-5-17-21/h1-3,5,8,18H,4,6-7,9H2,(H,16,19). The second-order valence-electron chi connectivity index (χ2n) is 4.73. The quantitative estimate of drug-likeness (QED) is 0.676. The fourth-order valence-electron chi connectivity index (χ4n) is 1.67. The number of sulfonamides is 1. The molecular weight excluding hydrogens is 349 g/mol. The van der Waals surface area contributed by atoms with Gasteiger partial charge in [0.05, 0.1) is 12.2 Å². The van der Waals surface area contributed by atoms with Crippen LogP contribution >= 0.6 is 0 Å². The second kappa shape index (κ2) is 7.57. The lowest BCUT2D eigenvalue weighted by Gasteiger charge is -2.09. The normalized spacial score (nSPS) is 12.3. The van der Waals surface area contributed by atoms with Crippen LogP contribution in [0, 0.1) is 0 Å². The van der Waals surface area contributed by atoms with Gasteiger partial charge in [0, 0.05) is 25.5 Å². The summed E-state index contributed by atoms with van der Waals surface area (Å²) in [5.41, 5.74) is 0. The van der Waals surface area contributed by atoms with E-state index >= 15 is 0 Å². The first kappa shape index (κ1) is 18.1. The number of hydrogen-bond acceptors (Lipinski definition) is 6. The van der Waals surface area contributed by atoms with Crippen LogP contribution in [0.2, 0.25) is 0 Å². The van der Waals surface area contributed by atoms with Gasteiger partial charge in [-0.3, -0.25) is 0 Å². The molecule has 0 radical (unpaired) electrons. The highest BCUT2D eigenvalue weighted by molar-refractivity contribution is 7.89. The van der Waals surface area contributed by atoms with Gasteiger partial charge in [-0.25, -0.2) is 17.8 Å². The van der Waals surface area contributed by atoms with E-state index in [1.54, 1.807) is 30.6 Å². The molecule has 2 heterocycles. The molecular formula is C12H15F3N6O2S. The zero-order chi connectivity index (χ0) is 17.6. The molecule has 0 saturated carbocycles. The largest absolute Gasteiger partial charge is 0.390 e. The number of alkyl halides is 3. The molecule has 0 spiro atoms. The number of nitrogens with one attached hydrogen (secondary N) is 2. The second-order valence-corrected chi connectivity index (χ2v) is 6.66. The third-order valence-corrected chi connectivity index (χ3v) is 4.18. The molecule has 0 aliphatic carbocycles. The van der Waals surface area contributed by atoms with Crippen LogP contribution in [0.5, 0.6) is 0 Å². The first-order valence-electron chi connectivity index (χ1n) is 6.87. The van der Waals surface area contributed by atoms with Crippen LogP contribution in [-0.4, -0.2) is 53.4 Å². The third kappa shape index (κ3) is 6.12. The van der Waals surface area contributed by atoms with Crippen LogP contribution in [-0.2, 0) is 10.0 Å². The topological polar surface area (TPSA) is 102 Å². The Bertz CT molecular complexity index is 731. The van der Waals surface area contributed by atoms with Gasteiger partial charge in [-0.2, -0.15) is 18.3 Å². The summed E-state index contributed by atoms with van der Waals surface area (Å²) in [7, 11) is -3.96. The highest BCUT2D eigenvalue weighted by Gasteiger charge is 2.29. The SMILES string of the molecule is O=S(=O)(CCC(F)(F)F)NCCNc1ccc(-n2cccn2)nn1. The van der Waals surface area contributed by atoms with Gasteiger partial charge in [0.15, 0.2) is 5.82 Å². The van der Waals surface area contributed by atoms with Gasteiger partial charge in [0.1, 0.15) is 5.82 Å². The lowest BCUT2D eigenvalue weighted by Crippen LogP contribution is -2.32. The van der Waals surface area contributed by atoms with Crippen molar-refractivity contribution in [3.8, 4) is 5.82 Å². The molecule has 24 heavy (non-hydrogen) atoms. The van der Waals surface area contributed by atoms with Crippen molar-refractivity contribution in [3.63, 3.8) is 0 Å². The third-order valence-electron chi connectivity index (χ3n) is 2.80. The van der Waals surface area contributed by atoms with Gasteiger partial charge in [-0.15, -0.1) is 10.2 Å². The summed E-state index contributed by atoms with van der Waals surface area (Å²) in [6, 6.07) is 5.02. The lowest BCUT2D eigenvalue weighted by molar-refractivity contribution is -0.129. The van der Waals surface area contributed by atoms with E-state index in [4.69, 9.17) is 0 Å². The molecule has 0 aliphatic heterocycles. The van der Waals surface area contributed by atoms with Crippen LogP contribution in [0.15, 0.2) is 30.6 Å².